The Balaban J connectivity index is 1.95. The Morgan fingerprint density at radius 2 is 1.64 bits per heavy atom. The van der Waals surface area contributed by atoms with Crippen molar-refractivity contribution in [3.8, 4) is 0 Å². The summed E-state index contributed by atoms with van der Waals surface area (Å²) in [7, 11) is 0. The minimum Gasteiger partial charge on any atom is -0.322 e. The average Bonchev–Trinajstić information content (AvgIpc) is 2.54. The lowest BCUT2D eigenvalue weighted by atomic mass is 10.0. The van der Waals surface area contributed by atoms with Gasteiger partial charge in [0.05, 0.1) is 0 Å². The topological polar surface area (TPSA) is 46.2 Å². The Morgan fingerprint density at radius 3 is 2.36 bits per heavy atom. The molecule has 0 heterocycles. The third-order valence-corrected chi connectivity index (χ3v) is 3.59. The van der Waals surface area contributed by atoms with Gasteiger partial charge in [0, 0.05) is 16.8 Å². The highest BCUT2D eigenvalue weighted by Crippen LogP contribution is 2.22. The van der Waals surface area contributed by atoms with E-state index in [0.717, 1.165) is 16.5 Å². The minimum atomic E-state index is -0.507. The second-order valence-electron chi connectivity index (χ2n) is 4.84. The van der Waals surface area contributed by atoms with Gasteiger partial charge in [-0.1, -0.05) is 36.4 Å². The minimum absolute atomic E-state index is 0.198. The van der Waals surface area contributed by atoms with Crippen LogP contribution < -0.4 is 5.32 Å². The van der Waals surface area contributed by atoms with E-state index in [9.17, 15) is 9.59 Å². The van der Waals surface area contributed by atoms with Gasteiger partial charge in [-0.2, -0.15) is 0 Å². The number of halogens is 1. The van der Waals surface area contributed by atoms with Crippen LogP contribution in [0.1, 0.15) is 20.7 Å². The standard InChI is InChI=1S/C18H12ClNO2/c19-17(21)16-8-4-5-12-11-13(9-10-15(12)16)18(22)20-14-6-2-1-3-7-14/h1-11H,(H,20,22). The molecule has 0 bridgehead atoms. The van der Waals surface area contributed by atoms with Gasteiger partial charge in [0.2, 0.25) is 0 Å². The van der Waals surface area contributed by atoms with Gasteiger partial charge in [-0.3, -0.25) is 9.59 Å². The number of benzene rings is 3. The monoisotopic (exact) mass is 309 g/mol. The molecule has 3 aromatic carbocycles. The van der Waals surface area contributed by atoms with Crippen LogP contribution >= 0.6 is 11.6 Å². The molecular weight excluding hydrogens is 298 g/mol. The van der Waals surface area contributed by atoms with E-state index in [1.165, 1.54) is 0 Å². The van der Waals surface area contributed by atoms with E-state index in [4.69, 9.17) is 11.6 Å². The van der Waals surface area contributed by atoms with Crippen LogP contribution in [0.3, 0.4) is 0 Å². The van der Waals surface area contributed by atoms with Gasteiger partial charge in [-0.05, 0) is 52.7 Å². The summed E-state index contributed by atoms with van der Waals surface area (Å²) in [6.07, 6.45) is 0. The molecule has 4 heteroatoms. The third kappa shape index (κ3) is 2.85. The molecule has 0 aliphatic heterocycles. The van der Waals surface area contributed by atoms with Gasteiger partial charge in [0.15, 0.2) is 0 Å². The highest BCUT2D eigenvalue weighted by atomic mass is 35.5. The fourth-order valence-electron chi connectivity index (χ4n) is 2.32. The summed E-state index contributed by atoms with van der Waals surface area (Å²) in [4.78, 5) is 23.7. The summed E-state index contributed by atoms with van der Waals surface area (Å²) in [6, 6.07) is 19.7. The first kappa shape index (κ1) is 14.3. The second kappa shape index (κ2) is 6.00. The van der Waals surface area contributed by atoms with Crippen molar-refractivity contribution in [2.45, 2.75) is 0 Å². The van der Waals surface area contributed by atoms with Crippen molar-refractivity contribution >= 4 is 39.2 Å². The van der Waals surface area contributed by atoms with Crippen LogP contribution in [0.4, 0.5) is 5.69 Å². The Labute approximate surface area is 132 Å². The summed E-state index contributed by atoms with van der Waals surface area (Å²) in [6.45, 7) is 0. The number of nitrogens with one attached hydrogen (secondary N) is 1. The number of fused-ring (bicyclic) bond motifs is 1. The highest BCUT2D eigenvalue weighted by Gasteiger charge is 2.10. The smallest absolute Gasteiger partial charge is 0.255 e. The molecule has 0 aliphatic rings. The zero-order valence-corrected chi connectivity index (χ0v) is 12.3. The zero-order valence-electron chi connectivity index (χ0n) is 11.5. The van der Waals surface area contributed by atoms with Crippen molar-refractivity contribution in [3.63, 3.8) is 0 Å². The SMILES string of the molecule is O=C(Nc1ccccc1)c1ccc2c(C(=O)Cl)cccc2c1. The lowest BCUT2D eigenvalue weighted by Gasteiger charge is -2.07. The molecule has 0 radical (unpaired) electrons. The number of hydrogen-bond acceptors (Lipinski definition) is 2. The quantitative estimate of drug-likeness (QED) is 0.725. The Bertz CT molecular complexity index is 859. The normalized spacial score (nSPS) is 10.4. The Hall–Kier alpha value is -2.65. The van der Waals surface area contributed by atoms with E-state index < -0.39 is 5.24 Å². The van der Waals surface area contributed by atoms with Crippen LogP contribution in [-0.2, 0) is 0 Å². The molecular formula is C18H12ClNO2. The van der Waals surface area contributed by atoms with Gasteiger partial charge < -0.3 is 5.32 Å². The zero-order chi connectivity index (χ0) is 15.5. The number of hydrogen-bond donors (Lipinski definition) is 1. The van der Waals surface area contributed by atoms with Crippen LogP contribution in [0.5, 0.6) is 0 Å². The van der Waals surface area contributed by atoms with Gasteiger partial charge >= 0.3 is 0 Å². The fraction of sp³-hybridized carbons (Fsp3) is 0. The first-order chi connectivity index (χ1) is 10.6. The first-order valence-electron chi connectivity index (χ1n) is 6.74. The van der Waals surface area contributed by atoms with Crippen LogP contribution in [0.2, 0.25) is 0 Å². The molecule has 0 saturated carbocycles. The van der Waals surface area contributed by atoms with Crippen molar-refractivity contribution in [2.75, 3.05) is 5.32 Å². The van der Waals surface area contributed by atoms with Gasteiger partial charge in [-0.25, -0.2) is 0 Å². The Kier molecular flexibility index (Phi) is 3.90. The number of carbonyl (C=O) groups is 2. The van der Waals surface area contributed by atoms with E-state index in [1.807, 2.05) is 36.4 Å². The summed E-state index contributed by atoms with van der Waals surface area (Å²) < 4.78 is 0. The van der Waals surface area contributed by atoms with Gasteiger partial charge in [0.1, 0.15) is 0 Å². The first-order valence-corrected chi connectivity index (χ1v) is 7.12. The fourth-order valence-corrected chi connectivity index (χ4v) is 2.49. The lowest BCUT2D eigenvalue weighted by Crippen LogP contribution is -2.11. The van der Waals surface area contributed by atoms with E-state index >= 15 is 0 Å². The molecule has 0 spiro atoms. The number of anilines is 1. The Morgan fingerprint density at radius 1 is 0.864 bits per heavy atom. The van der Waals surface area contributed by atoms with Crippen molar-refractivity contribution in [1.29, 1.82) is 0 Å². The molecule has 3 rings (SSSR count). The average molecular weight is 310 g/mol. The number of carbonyl (C=O) groups excluding carboxylic acids is 2. The molecule has 0 aliphatic carbocycles. The number of rotatable bonds is 3. The molecule has 0 atom stereocenters. The predicted octanol–water partition coefficient (Wildman–Crippen LogP) is 4.47. The third-order valence-electron chi connectivity index (χ3n) is 3.39. The maximum absolute atomic E-state index is 12.3. The molecule has 108 valence electrons. The summed E-state index contributed by atoms with van der Waals surface area (Å²) in [5.74, 6) is -0.198. The van der Waals surface area contributed by atoms with Crippen LogP contribution in [0, 0.1) is 0 Å². The van der Waals surface area contributed by atoms with Gasteiger partial charge in [-0.15, -0.1) is 0 Å². The van der Waals surface area contributed by atoms with Crippen molar-refractivity contribution < 1.29 is 9.59 Å². The summed E-state index contributed by atoms with van der Waals surface area (Å²) in [5, 5.41) is 3.85. The second-order valence-corrected chi connectivity index (χ2v) is 5.18. The maximum atomic E-state index is 12.3. The van der Waals surface area contributed by atoms with Crippen LogP contribution in [0.15, 0.2) is 66.7 Å². The number of amides is 1. The van der Waals surface area contributed by atoms with Crippen molar-refractivity contribution in [3.05, 3.63) is 77.9 Å². The predicted molar refractivity (Wildman–Crippen MR) is 88.5 cm³/mol. The van der Waals surface area contributed by atoms with Crippen molar-refractivity contribution in [1.82, 2.24) is 0 Å². The van der Waals surface area contributed by atoms with E-state index in [0.29, 0.717) is 11.1 Å². The molecule has 0 unspecified atom stereocenters. The molecule has 1 amide bonds. The summed E-state index contributed by atoms with van der Waals surface area (Å²) >= 11 is 5.57. The molecule has 0 aromatic heterocycles. The van der Waals surface area contributed by atoms with E-state index in [1.54, 1.807) is 30.3 Å². The number of para-hydroxylation sites is 1. The van der Waals surface area contributed by atoms with E-state index in [-0.39, 0.29) is 5.91 Å². The van der Waals surface area contributed by atoms with Crippen LogP contribution in [0.25, 0.3) is 10.8 Å². The lowest BCUT2D eigenvalue weighted by molar-refractivity contribution is 0.102. The molecule has 22 heavy (non-hydrogen) atoms. The molecule has 0 fully saturated rings. The maximum Gasteiger partial charge on any atom is 0.255 e. The highest BCUT2D eigenvalue weighted by molar-refractivity contribution is 6.68. The largest absolute Gasteiger partial charge is 0.322 e. The molecule has 3 nitrogen and oxygen atoms in total. The molecule has 0 saturated heterocycles. The van der Waals surface area contributed by atoms with Crippen molar-refractivity contribution in [2.24, 2.45) is 0 Å². The van der Waals surface area contributed by atoms with Crippen LogP contribution in [-0.4, -0.2) is 11.1 Å². The van der Waals surface area contributed by atoms with Gasteiger partial charge in [0.25, 0.3) is 11.1 Å². The molecule has 3 aromatic rings. The summed E-state index contributed by atoms with van der Waals surface area (Å²) in [5.41, 5.74) is 1.70. The van der Waals surface area contributed by atoms with E-state index in [2.05, 4.69) is 5.32 Å². The molecule has 1 N–H and O–H groups in total.